The minimum absolute atomic E-state index is 0.0861. The average Bonchev–Trinajstić information content (AvgIpc) is 3.19. The normalized spacial score (nSPS) is 36.5. The van der Waals surface area contributed by atoms with Crippen molar-refractivity contribution in [3.8, 4) is 0 Å². The molecule has 2 N–H and O–H groups in total. The van der Waals surface area contributed by atoms with E-state index in [9.17, 15) is 14.7 Å². The number of ether oxygens (including phenoxy) is 1. The topological polar surface area (TPSA) is 78.9 Å². The molecule has 2 aliphatic heterocycles. The Balaban J connectivity index is 1.58. The Morgan fingerprint density at radius 1 is 1.33 bits per heavy atom. The van der Waals surface area contributed by atoms with Gasteiger partial charge in [-0.2, -0.15) is 0 Å². The molecule has 1 saturated carbocycles. The first-order valence-electron chi connectivity index (χ1n) is 7.90. The standard InChI is InChI=1S/C15H24N2O4/c1-15(13(18)19)6-2-7-17(9-15)14(20)16-11-5-8-21-12(11)10-3-4-10/h10-12H,2-9H2,1H3,(H,16,20)(H,18,19). The van der Waals surface area contributed by atoms with Crippen molar-refractivity contribution in [3.05, 3.63) is 0 Å². The zero-order valence-corrected chi connectivity index (χ0v) is 12.5. The Hall–Kier alpha value is -1.30. The average molecular weight is 296 g/mol. The van der Waals surface area contributed by atoms with Crippen LogP contribution >= 0.6 is 0 Å². The van der Waals surface area contributed by atoms with Crippen molar-refractivity contribution in [2.24, 2.45) is 11.3 Å². The minimum Gasteiger partial charge on any atom is -0.481 e. The van der Waals surface area contributed by atoms with Crippen molar-refractivity contribution in [1.29, 1.82) is 0 Å². The minimum atomic E-state index is -0.822. The third kappa shape index (κ3) is 3.00. The fourth-order valence-electron chi connectivity index (χ4n) is 3.49. The highest BCUT2D eigenvalue weighted by atomic mass is 16.5. The van der Waals surface area contributed by atoms with Crippen molar-refractivity contribution in [2.75, 3.05) is 19.7 Å². The molecule has 0 radical (unpaired) electrons. The fraction of sp³-hybridized carbons (Fsp3) is 0.867. The Bertz CT molecular complexity index is 437. The molecule has 1 aliphatic carbocycles. The Labute approximate surface area is 124 Å². The monoisotopic (exact) mass is 296 g/mol. The number of amides is 2. The zero-order valence-electron chi connectivity index (χ0n) is 12.5. The third-order valence-electron chi connectivity index (χ3n) is 5.03. The number of carbonyl (C=O) groups is 2. The fourth-order valence-corrected chi connectivity index (χ4v) is 3.49. The Kier molecular flexibility index (Phi) is 3.82. The molecule has 0 aromatic carbocycles. The van der Waals surface area contributed by atoms with Gasteiger partial charge >= 0.3 is 12.0 Å². The summed E-state index contributed by atoms with van der Waals surface area (Å²) in [5.41, 5.74) is -0.822. The van der Waals surface area contributed by atoms with E-state index in [2.05, 4.69) is 5.32 Å². The van der Waals surface area contributed by atoms with Gasteiger partial charge in [-0.05, 0) is 44.9 Å². The summed E-state index contributed by atoms with van der Waals surface area (Å²) < 4.78 is 5.73. The lowest BCUT2D eigenvalue weighted by molar-refractivity contribution is -0.150. The van der Waals surface area contributed by atoms with Gasteiger partial charge in [0, 0.05) is 19.7 Å². The van der Waals surface area contributed by atoms with E-state index in [1.54, 1.807) is 11.8 Å². The molecule has 2 amide bonds. The van der Waals surface area contributed by atoms with Crippen LogP contribution in [0.5, 0.6) is 0 Å². The molecule has 0 spiro atoms. The summed E-state index contributed by atoms with van der Waals surface area (Å²) >= 11 is 0. The number of hydrogen-bond donors (Lipinski definition) is 2. The Morgan fingerprint density at radius 3 is 2.76 bits per heavy atom. The second-order valence-corrected chi connectivity index (χ2v) is 6.91. The first kappa shape index (κ1) is 14.6. The molecule has 3 aliphatic rings. The second-order valence-electron chi connectivity index (χ2n) is 6.91. The molecule has 2 saturated heterocycles. The Morgan fingerprint density at radius 2 is 2.10 bits per heavy atom. The lowest BCUT2D eigenvalue weighted by Gasteiger charge is -2.38. The molecule has 0 aromatic rings. The molecule has 3 fully saturated rings. The maximum absolute atomic E-state index is 12.4. The van der Waals surface area contributed by atoms with Gasteiger partial charge in [-0.3, -0.25) is 4.79 Å². The smallest absolute Gasteiger partial charge is 0.317 e. The molecule has 0 aromatic heterocycles. The van der Waals surface area contributed by atoms with Gasteiger partial charge in [0.1, 0.15) is 0 Å². The summed E-state index contributed by atoms with van der Waals surface area (Å²) in [6, 6.07) is -0.0497. The number of aliphatic carboxylic acids is 1. The number of likely N-dealkylation sites (tertiary alicyclic amines) is 1. The SMILES string of the molecule is CC1(C(=O)O)CCCN(C(=O)NC2CCOC2C2CC2)C1. The number of carboxylic acids is 1. The maximum Gasteiger partial charge on any atom is 0.317 e. The molecule has 21 heavy (non-hydrogen) atoms. The van der Waals surface area contributed by atoms with E-state index < -0.39 is 11.4 Å². The molecule has 3 rings (SSSR count). The van der Waals surface area contributed by atoms with Crippen LogP contribution in [0.25, 0.3) is 0 Å². The van der Waals surface area contributed by atoms with Crippen molar-refractivity contribution >= 4 is 12.0 Å². The summed E-state index contributed by atoms with van der Waals surface area (Å²) in [7, 11) is 0. The van der Waals surface area contributed by atoms with Gasteiger partial charge in [0.2, 0.25) is 0 Å². The van der Waals surface area contributed by atoms with Crippen LogP contribution in [-0.4, -0.2) is 53.8 Å². The van der Waals surface area contributed by atoms with E-state index in [4.69, 9.17) is 4.74 Å². The van der Waals surface area contributed by atoms with E-state index in [0.717, 1.165) is 12.8 Å². The van der Waals surface area contributed by atoms with Crippen LogP contribution in [0.1, 0.15) is 39.0 Å². The molecular formula is C15H24N2O4. The molecule has 0 bridgehead atoms. The maximum atomic E-state index is 12.4. The summed E-state index contributed by atoms with van der Waals surface area (Å²) in [5.74, 6) is -0.219. The van der Waals surface area contributed by atoms with Crippen LogP contribution in [0.4, 0.5) is 4.79 Å². The molecule has 118 valence electrons. The van der Waals surface area contributed by atoms with Crippen molar-refractivity contribution in [2.45, 2.75) is 51.2 Å². The van der Waals surface area contributed by atoms with Crippen molar-refractivity contribution in [3.63, 3.8) is 0 Å². The van der Waals surface area contributed by atoms with Gasteiger partial charge in [0.25, 0.3) is 0 Å². The zero-order chi connectivity index (χ0) is 15.0. The van der Waals surface area contributed by atoms with Gasteiger partial charge in [-0.15, -0.1) is 0 Å². The lowest BCUT2D eigenvalue weighted by Crippen LogP contribution is -2.54. The van der Waals surface area contributed by atoms with Gasteiger partial charge in [-0.25, -0.2) is 4.79 Å². The van der Waals surface area contributed by atoms with E-state index in [1.807, 2.05) is 0 Å². The molecular weight excluding hydrogens is 272 g/mol. The first-order valence-corrected chi connectivity index (χ1v) is 7.90. The molecule has 3 atom stereocenters. The third-order valence-corrected chi connectivity index (χ3v) is 5.03. The number of hydrogen-bond acceptors (Lipinski definition) is 3. The van der Waals surface area contributed by atoms with E-state index >= 15 is 0 Å². The highest BCUT2D eigenvalue weighted by Gasteiger charge is 2.43. The van der Waals surface area contributed by atoms with Gasteiger partial charge in [0.15, 0.2) is 0 Å². The highest BCUT2D eigenvalue weighted by molar-refractivity contribution is 5.78. The predicted octanol–water partition coefficient (Wildman–Crippen LogP) is 1.45. The van der Waals surface area contributed by atoms with Crippen LogP contribution in [0.3, 0.4) is 0 Å². The molecule has 2 heterocycles. The number of nitrogens with zero attached hydrogens (tertiary/aromatic N) is 1. The number of piperidine rings is 1. The highest BCUT2D eigenvalue weighted by Crippen LogP contribution is 2.39. The van der Waals surface area contributed by atoms with Gasteiger partial charge in [-0.1, -0.05) is 0 Å². The van der Waals surface area contributed by atoms with Gasteiger partial charge in [0.05, 0.1) is 17.6 Å². The molecule has 6 nitrogen and oxygen atoms in total. The van der Waals surface area contributed by atoms with Crippen molar-refractivity contribution in [1.82, 2.24) is 10.2 Å². The van der Waals surface area contributed by atoms with Crippen molar-refractivity contribution < 1.29 is 19.4 Å². The van der Waals surface area contributed by atoms with Crippen LogP contribution < -0.4 is 5.32 Å². The number of urea groups is 1. The number of carboxylic acid groups (broad SMARTS) is 1. The summed E-state index contributed by atoms with van der Waals surface area (Å²) in [6.45, 7) is 3.35. The van der Waals surface area contributed by atoms with E-state index in [0.29, 0.717) is 25.5 Å². The van der Waals surface area contributed by atoms with Gasteiger partial charge < -0.3 is 20.1 Å². The number of carbonyl (C=O) groups excluding carboxylic acids is 1. The number of nitrogens with one attached hydrogen (secondary N) is 1. The quantitative estimate of drug-likeness (QED) is 0.826. The van der Waals surface area contributed by atoms with Crippen LogP contribution in [0.15, 0.2) is 0 Å². The molecule has 3 unspecified atom stereocenters. The van der Waals surface area contributed by atoms with E-state index in [1.165, 1.54) is 12.8 Å². The number of rotatable bonds is 3. The summed E-state index contributed by atoms with van der Waals surface area (Å²) in [4.78, 5) is 25.4. The predicted molar refractivity (Wildman–Crippen MR) is 76.0 cm³/mol. The molecule has 6 heteroatoms. The van der Waals surface area contributed by atoms with E-state index in [-0.39, 0.29) is 24.7 Å². The first-order chi connectivity index (χ1) is 9.99. The largest absolute Gasteiger partial charge is 0.481 e. The van der Waals surface area contributed by atoms with Crippen LogP contribution in [0, 0.1) is 11.3 Å². The summed E-state index contributed by atoms with van der Waals surface area (Å²) in [5, 5.41) is 12.4. The van der Waals surface area contributed by atoms with Crippen LogP contribution in [-0.2, 0) is 9.53 Å². The second kappa shape index (κ2) is 5.48. The van der Waals surface area contributed by atoms with Crippen LogP contribution in [0.2, 0.25) is 0 Å². The summed E-state index contributed by atoms with van der Waals surface area (Å²) in [6.07, 6.45) is 4.77. The lowest BCUT2D eigenvalue weighted by atomic mass is 9.82.